The van der Waals surface area contributed by atoms with Gasteiger partial charge in [-0.25, -0.2) is 4.98 Å². The molecule has 1 aromatic rings. The van der Waals surface area contributed by atoms with Crippen molar-refractivity contribution in [3.8, 4) is 0 Å². The summed E-state index contributed by atoms with van der Waals surface area (Å²) in [5.74, 6) is 0.775. The zero-order valence-electron chi connectivity index (χ0n) is 9.43. The molecule has 1 aliphatic heterocycles. The van der Waals surface area contributed by atoms with E-state index in [1.165, 1.54) is 6.42 Å². The maximum atomic E-state index is 5.67. The van der Waals surface area contributed by atoms with Crippen LogP contribution in [0.4, 0.5) is 0 Å². The highest BCUT2D eigenvalue weighted by Crippen LogP contribution is 2.25. The Hall–Kier alpha value is -1.07. The molecule has 1 atom stereocenters. The number of aryl methyl sites for hydroxylation is 1. The minimum atomic E-state index is 0.112. The first kappa shape index (κ1) is 11.4. The van der Waals surface area contributed by atoms with E-state index in [9.17, 15) is 0 Å². The van der Waals surface area contributed by atoms with Gasteiger partial charge in [0.2, 0.25) is 0 Å². The lowest BCUT2D eigenvalue weighted by atomic mass is 10.1. The number of aromatic nitrogens is 3. The third-order valence-corrected chi connectivity index (χ3v) is 2.74. The Morgan fingerprint density at radius 2 is 2.38 bits per heavy atom. The molecule has 88 valence electrons. The highest BCUT2D eigenvalue weighted by atomic mass is 16.5. The van der Waals surface area contributed by atoms with E-state index in [0.717, 1.165) is 43.8 Å². The standard InChI is InChI=1S/C11H18N4O/c12-6-3-5-11-14-9(8-13-15-11)10-4-1-2-7-16-10/h8,10H,1-7,12H2. The van der Waals surface area contributed by atoms with Crippen LogP contribution in [0.25, 0.3) is 0 Å². The monoisotopic (exact) mass is 222 g/mol. The molecular formula is C11H18N4O. The van der Waals surface area contributed by atoms with Gasteiger partial charge in [0.05, 0.1) is 11.9 Å². The summed E-state index contributed by atoms with van der Waals surface area (Å²) < 4.78 is 5.67. The van der Waals surface area contributed by atoms with E-state index in [-0.39, 0.29) is 6.10 Å². The fourth-order valence-electron chi connectivity index (χ4n) is 1.85. The van der Waals surface area contributed by atoms with Gasteiger partial charge in [0.25, 0.3) is 0 Å². The molecule has 2 rings (SSSR count). The Balaban J connectivity index is 2.02. The third kappa shape index (κ3) is 2.96. The first-order valence-electron chi connectivity index (χ1n) is 5.90. The van der Waals surface area contributed by atoms with Crippen molar-refractivity contribution in [2.75, 3.05) is 13.2 Å². The van der Waals surface area contributed by atoms with Gasteiger partial charge < -0.3 is 10.5 Å². The molecule has 2 heterocycles. The summed E-state index contributed by atoms with van der Waals surface area (Å²) in [6.07, 6.45) is 6.90. The Morgan fingerprint density at radius 1 is 1.44 bits per heavy atom. The molecule has 0 spiro atoms. The van der Waals surface area contributed by atoms with Gasteiger partial charge in [0.15, 0.2) is 5.82 Å². The number of nitrogens with zero attached hydrogens (tertiary/aromatic N) is 3. The molecule has 1 saturated heterocycles. The molecule has 0 bridgehead atoms. The van der Waals surface area contributed by atoms with E-state index < -0.39 is 0 Å². The van der Waals surface area contributed by atoms with Crippen molar-refractivity contribution in [1.29, 1.82) is 0 Å². The average molecular weight is 222 g/mol. The van der Waals surface area contributed by atoms with Gasteiger partial charge in [-0.2, -0.15) is 5.10 Å². The van der Waals surface area contributed by atoms with E-state index in [4.69, 9.17) is 10.5 Å². The molecule has 1 fully saturated rings. The van der Waals surface area contributed by atoms with Crippen LogP contribution in [-0.4, -0.2) is 28.3 Å². The van der Waals surface area contributed by atoms with E-state index in [1.54, 1.807) is 6.20 Å². The third-order valence-electron chi connectivity index (χ3n) is 2.74. The summed E-state index contributed by atoms with van der Waals surface area (Å²) in [5, 5.41) is 7.98. The SMILES string of the molecule is NCCCc1nncc(C2CCCCO2)n1. The fourth-order valence-corrected chi connectivity index (χ4v) is 1.85. The van der Waals surface area contributed by atoms with Gasteiger partial charge in [-0.15, -0.1) is 5.10 Å². The number of nitrogens with two attached hydrogens (primary N) is 1. The molecule has 0 aliphatic carbocycles. The average Bonchev–Trinajstić information content (AvgIpc) is 2.38. The number of hydrogen-bond acceptors (Lipinski definition) is 5. The molecule has 0 radical (unpaired) electrons. The minimum absolute atomic E-state index is 0.112. The molecule has 1 unspecified atom stereocenters. The van der Waals surface area contributed by atoms with Gasteiger partial charge >= 0.3 is 0 Å². The molecule has 5 nitrogen and oxygen atoms in total. The lowest BCUT2D eigenvalue weighted by Gasteiger charge is -2.21. The summed E-state index contributed by atoms with van der Waals surface area (Å²) in [4.78, 5) is 4.48. The minimum Gasteiger partial charge on any atom is -0.372 e. The summed E-state index contributed by atoms with van der Waals surface area (Å²) in [6, 6.07) is 0. The topological polar surface area (TPSA) is 73.9 Å². The lowest BCUT2D eigenvalue weighted by molar-refractivity contribution is 0.0118. The predicted octanol–water partition coefficient (Wildman–Crippen LogP) is 1.00. The largest absolute Gasteiger partial charge is 0.372 e. The summed E-state index contributed by atoms with van der Waals surface area (Å²) in [7, 11) is 0. The second-order valence-electron chi connectivity index (χ2n) is 4.04. The van der Waals surface area contributed by atoms with Crippen molar-refractivity contribution >= 4 is 0 Å². The van der Waals surface area contributed by atoms with Crippen molar-refractivity contribution in [3.63, 3.8) is 0 Å². The van der Waals surface area contributed by atoms with Crippen molar-refractivity contribution in [1.82, 2.24) is 15.2 Å². The highest BCUT2D eigenvalue weighted by Gasteiger charge is 2.18. The normalized spacial score (nSPS) is 20.9. The van der Waals surface area contributed by atoms with Crippen molar-refractivity contribution in [3.05, 3.63) is 17.7 Å². The molecule has 0 saturated carbocycles. The lowest BCUT2D eigenvalue weighted by Crippen LogP contribution is -2.15. The Morgan fingerprint density at radius 3 is 3.12 bits per heavy atom. The van der Waals surface area contributed by atoms with Crippen molar-refractivity contribution in [2.45, 2.75) is 38.2 Å². The van der Waals surface area contributed by atoms with Crippen LogP contribution >= 0.6 is 0 Å². The van der Waals surface area contributed by atoms with E-state index in [1.807, 2.05) is 0 Å². The Bertz CT molecular complexity index is 326. The van der Waals surface area contributed by atoms with E-state index in [2.05, 4.69) is 15.2 Å². The molecule has 2 N–H and O–H groups in total. The van der Waals surface area contributed by atoms with Crippen molar-refractivity contribution < 1.29 is 4.74 Å². The van der Waals surface area contributed by atoms with Gasteiger partial charge in [0, 0.05) is 13.0 Å². The molecule has 0 amide bonds. The van der Waals surface area contributed by atoms with Gasteiger partial charge in [-0.05, 0) is 32.2 Å². The molecular weight excluding hydrogens is 204 g/mol. The van der Waals surface area contributed by atoms with Crippen LogP contribution in [0, 0.1) is 0 Å². The van der Waals surface area contributed by atoms with E-state index in [0.29, 0.717) is 6.54 Å². The van der Waals surface area contributed by atoms with Gasteiger partial charge in [-0.1, -0.05) is 0 Å². The molecule has 16 heavy (non-hydrogen) atoms. The first-order chi connectivity index (χ1) is 7.90. The van der Waals surface area contributed by atoms with Gasteiger partial charge in [-0.3, -0.25) is 0 Å². The molecule has 0 aromatic carbocycles. The smallest absolute Gasteiger partial charge is 0.151 e. The summed E-state index contributed by atoms with van der Waals surface area (Å²) >= 11 is 0. The van der Waals surface area contributed by atoms with Crippen molar-refractivity contribution in [2.24, 2.45) is 5.73 Å². The molecule has 1 aromatic heterocycles. The quantitative estimate of drug-likeness (QED) is 0.822. The Labute approximate surface area is 95.4 Å². The van der Waals surface area contributed by atoms with Crippen LogP contribution in [0.1, 0.15) is 43.3 Å². The summed E-state index contributed by atoms with van der Waals surface area (Å²) in [5.41, 5.74) is 6.37. The molecule has 1 aliphatic rings. The predicted molar refractivity (Wildman–Crippen MR) is 59.7 cm³/mol. The number of ether oxygens (including phenoxy) is 1. The van der Waals surface area contributed by atoms with Crippen LogP contribution < -0.4 is 5.73 Å². The van der Waals surface area contributed by atoms with E-state index >= 15 is 0 Å². The second kappa shape index (κ2) is 5.86. The van der Waals surface area contributed by atoms with Crippen LogP contribution in [0.5, 0.6) is 0 Å². The number of rotatable bonds is 4. The maximum absolute atomic E-state index is 5.67. The fraction of sp³-hybridized carbons (Fsp3) is 0.727. The number of hydrogen-bond donors (Lipinski definition) is 1. The summed E-state index contributed by atoms with van der Waals surface area (Å²) in [6.45, 7) is 1.49. The highest BCUT2D eigenvalue weighted by molar-refractivity contribution is 5.01. The second-order valence-corrected chi connectivity index (χ2v) is 4.04. The van der Waals surface area contributed by atoms with Crippen LogP contribution in [0.15, 0.2) is 6.20 Å². The molecule has 5 heteroatoms. The zero-order chi connectivity index (χ0) is 11.2. The zero-order valence-corrected chi connectivity index (χ0v) is 9.43. The van der Waals surface area contributed by atoms with Crippen LogP contribution in [0.2, 0.25) is 0 Å². The van der Waals surface area contributed by atoms with Crippen LogP contribution in [0.3, 0.4) is 0 Å². The maximum Gasteiger partial charge on any atom is 0.151 e. The Kier molecular flexibility index (Phi) is 4.18. The van der Waals surface area contributed by atoms with Gasteiger partial charge in [0.1, 0.15) is 6.10 Å². The first-order valence-corrected chi connectivity index (χ1v) is 5.90. The van der Waals surface area contributed by atoms with Crippen LogP contribution in [-0.2, 0) is 11.2 Å².